The Bertz CT molecular complexity index is 1220. The predicted octanol–water partition coefficient (Wildman–Crippen LogP) is 5.02. The molecule has 0 aliphatic heterocycles. The molecule has 190 valence electrons. The predicted molar refractivity (Wildman–Crippen MR) is 127 cm³/mol. The average Bonchev–Trinajstić information content (AvgIpc) is 3.14. The largest absolute Gasteiger partial charge is 0.494 e. The maximum absolute atomic E-state index is 14.6. The van der Waals surface area contributed by atoms with Crippen molar-refractivity contribution >= 4 is 24.9 Å². The molecule has 0 spiro atoms. The lowest BCUT2D eigenvalue weighted by Crippen LogP contribution is -2.22. The zero-order chi connectivity index (χ0) is 26.0. The van der Waals surface area contributed by atoms with Crippen LogP contribution in [0.2, 0.25) is 25.7 Å². The second-order valence-electron chi connectivity index (χ2n) is 9.26. The summed E-state index contributed by atoms with van der Waals surface area (Å²) in [4.78, 5) is 16.9. The third kappa shape index (κ3) is 6.37. The molecule has 0 saturated carbocycles. The van der Waals surface area contributed by atoms with Gasteiger partial charge in [-0.25, -0.2) is 9.07 Å². The second-order valence-corrected chi connectivity index (χ2v) is 14.9. The van der Waals surface area contributed by atoms with Gasteiger partial charge in [0.1, 0.15) is 6.73 Å². The van der Waals surface area contributed by atoms with Gasteiger partial charge in [-0.2, -0.15) is 18.3 Å². The lowest BCUT2D eigenvalue weighted by Gasteiger charge is -2.16. The van der Waals surface area contributed by atoms with Gasteiger partial charge in [0.2, 0.25) is 0 Å². The Hall–Kier alpha value is -2.99. The minimum Gasteiger partial charge on any atom is -0.494 e. The number of halogens is 4. The van der Waals surface area contributed by atoms with Gasteiger partial charge in [-0.05, 0) is 29.8 Å². The van der Waals surface area contributed by atoms with Crippen molar-refractivity contribution in [2.45, 2.75) is 45.0 Å². The van der Waals surface area contributed by atoms with E-state index in [4.69, 9.17) is 9.47 Å². The highest BCUT2D eigenvalue weighted by Crippen LogP contribution is 2.37. The molecular formula is C23H28F4N4O3Si. The molecule has 0 bridgehead atoms. The van der Waals surface area contributed by atoms with Crippen molar-refractivity contribution in [2.24, 2.45) is 0 Å². The Morgan fingerprint density at radius 1 is 1.23 bits per heavy atom. The molecule has 2 aromatic heterocycles. The molecule has 0 radical (unpaired) electrons. The van der Waals surface area contributed by atoms with Crippen molar-refractivity contribution in [1.82, 2.24) is 20.1 Å². The maximum Gasteiger partial charge on any atom is 0.393 e. The summed E-state index contributed by atoms with van der Waals surface area (Å²) in [6.07, 6.45) is -4.52. The summed E-state index contributed by atoms with van der Waals surface area (Å²) in [5.74, 6) is -1.73. The number of hydrogen-bond acceptors (Lipinski definition) is 5. The summed E-state index contributed by atoms with van der Waals surface area (Å²) in [6, 6.07) is 4.45. The summed E-state index contributed by atoms with van der Waals surface area (Å²) in [5.41, 5.74) is 0.0490. The first-order chi connectivity index (χ1) is 16.3. The van der Waals surface area contributed by atoms with E-state index in [0.29, 0.717) is 12.1 Å². The molecule has 1 amide bonds. The van der Waals surface area contributed by atoms with Crippen LogP contribution in [0.3, 0.4) is 0 Å². The molecule has 3 rings (SSSR count). The number of pyridine rings is 1. The maximum atomic E-state index is 14.6. The van der Waals surface area contributed by atoms with Gasteiger partial charge in [0.25, 0.3) is 5.91 Å². The van der Waals surface area contributed by atoms with E-state index in [0.717, 1.165) is 18.2 Å². The molecular weight excluding hydrogens is 484 g/mol. The number of aromatic nitrogens is 3. The molecule has 3 aromatic rings. The SMILES string of the molecule is CNC(=O)c1nn(COCC[Si](C)(C)C)c2ccnc(-c3cc(F)c(OC)cc3CC(F)(F)F)c12. The van der Waals surface area contributed by atoms with Crippen LogP contribution in [-0.2, 0) is 17.9 Å². The Labute approximate surface area is 201 Å². The standard InChI is InChI=1S/C23H28F4N4O3Si/c1-28-22(32)21-19-17(31(30-21)13-34-8-9-35(3,4)5)6-7-29-20(19)15-11-16(24)18(33-2)10-14(15)12-23(25,26)27/h6-7,10-11H,8-9,12-13H2,1-5H3,(H,28,32). The van der Waals surface area contributed by atoms with Crippen LogP contribution in [0.4, 0.5) is 17.6 Å². The van der Waals surface area contributed by atoms with Crippen LogP contribution in [0.15, 0.2) is 24.4 Å². The zero-order valence-corrected chi connectivity index (χ0v) is 21.2. The summed E-state index contributed by atoms with van der Waals surface area (Å²) in [6.45, 7) is 7.19. The highest BCUT2D eigenvalue weighted by atomic mass is 28.3. The summed E-state index contributed by atoms with van der Waals surface area (Å²) >= 11 is 0. The van der Waals surface area contributed by atoms with E-state index in [1.165, 1.54) is 25.0 Å². The molecule has 0 saturated heterocycles. The van der Waals surface area contributed by atoms with Crippen molar-refractivity contribution in [1.29, 1.82) is 0 Å². The number of benzene rings is 1. The number of rotatable bonds is 9. The van der Waals surface area contributed by atoms with Crippen molar-refractivity contribution < 1.29 is 31.8 Å². The van der Waals surface area contributed by atoms with E-state index < -0.39 is 32.4 Å². The first-order valence-electron chi connectivity index (χ1n) is 10.9. The topological polar surface area (TPSA) is 78.3 Å². The van der Waals surface area contributed by atoms with E-state index in [9.17, 15) is 22.4 Å². The number of hydrogen-bond donors (Lipinski definition) is 1. The highest BCUT2D eigenvalue weighted by Gasteiger charge is 2.31. The lowest BCUT2D eigenvalue weighted by atomic mass is 9.97. The van der Waals surface area contributed by atoms with Gasteiger partial charge in [0.15, 0.2) is 17.3 Å². The van der Waals surface area contributed by atoms with E-state index in [-0.39, 0.29) is 40.4 Å². The summed E-state index contributed by atoms with van der Waals surface area (Å²) in [5, 5.41) is 7.04. The number of fused-ring (bicyclic) bond motifs is 1. The van der Waals surface area contributed by atoms with Gasteiger partial charge in [0, 0.05) is 33.5 Å². The van der Waals surface area contributed by atoms with Crippen molar-refractivity contribution in [3.8, 4) is 17.0 Å². The van der Waals surface area contributed by atoms with E-state index in [1.807, 2.05) is 0 Å². The van der Waals surface area contributed by atoms with E-state index >= 15 is 0 Å². The average molecular weight is 513 g/mol. The van der Waals surface area contributed by atoms with Crippen LogP contribution in [0.5, 0.6) is 5.75 Å². The van der Waals surface area contributed by atoms with E-state index in [2.05, 4.69) is 35.0 Å². The van der Waals surface area contributed by atoms with Gasteiger partial charge in [0.05, 0.1) is 30.1 Å². The van der Waals surface area contributed by atoms with Crippen LogP contribution in [0.1, 0.15) is 16.1 Å². The fourth-order valence-electron chi connectivity index (χ4n) is 3.57. The number of carbonyl (C=O) groups is 1. The molecule has 0 aliphatic rings. The second kappa shape index (κ2) is 10.3. The number of alkyl halides is 3. The Morgan fingerprint density at radius 2 is 1.94 bits per heavy atom. The van der Waals surface area contributed by atoms with Crippen LogP contribution < -0.4 is 10.1 Å². The third-order valence-corrected chi connectivity index (χ3v) is 7.04. The van der Waals surface area contributed by atoms with Crippen LogP contribution >= 0.6 is 0 Å². The first kappa shape index (κ1) is 26.6. The smallest absolute Gasteiger partial charge is 0.393 e. The monoisotopic (exact) mass is 512 g/mol. The fourth-order valence-corrected chi connectivity index (χ4v) is 4.33. The van der Waals surface area contributed by atoms with Gasteiger partial charge < -0.3 is 14.8 Å². The van der Waals surface area contributed by atoms with Crippen LogP contribution in [0, 0.1) is 5.82 Å². The number of nitrogens with zero attached hydrogens (tertiary/aromatic N) is 3. The molecule has 35 heavy (non-hydrogen) atoms. The van der Waals surface area contributed by atoms with Crippen molar-refractivity contribution in [3.63, 3.8) is 0 Å². The summed E-state index contributed by atoms with van der Waals surface area (Å²) in [7, 11) is 1.26. The van der Waals surface area contributed by atoms with Gasteiger partial charge in [-0.3, -0.25) is 9.78 Å². The van der Waals surface area contributed by atoms with Gasteiger partial charge in [-0.1, -0.05) is 19.6 Å². The Balaban J connectivity index is 2.17. The van der Waals surface area contributed by atoms with Crippen LogP contribution in [-0.4, -0.2) is 55.7 Å². The fraction of sp³-hybridized carbons (Fsp3) is 0.435. The minimum atomic E-state index is -4.57. The third-order valence-electron chi connectivity index (χ3n) is 5.34. The van der Waals surface area contributed by atoms with Crippen LogP contribution in [0.25, 0.3) is 22.2 Å². The lowest BCUT2D eigenvalue weighted by molar-refractivity contribution is -0.127. The quantitative estimate of drug-likeness (QED) is 0.247. The van der Waals surface area contributed by atoms with Gasteiger partial charge >= 0.3 is 6.18 Å². The molecule has 0 unspecified atom stereocenters. The number of ether oxygens (including phenoxy) is 2. The normalized spacial score (nSPS) is 12.3. The summed E-state index contributed by atoms with van der Waals surface area (Å²) < 4.78 is 66.8. The van der Waals surface area contributed by atoms with Crippen molar-refractivity contribution in [3.05, 3.63) is 41.5 Å². The molecule has 1 aromatic carbocycles. The molecule has 0 atom stereocenters. The zero-order valence-electron chi connectivity index (χ0n) is 20.2. The molecule has 2 heterocycles. The first-order valence-corrected chi connectivity index (χ1v) is 14.6. The Kier molecular flexibility index (Phi) is 7.85. The Morgan fingerprint density at radius 3 is 2.54 bits per heavy atom. The number of methoxy groups -OCH3 is 1. The van der Waals surface area contributed by atoms with Crippen molar-refractivity contribution in [2.75, 3.05) is 20.8 Å². The molecule has 1 N–H and O–H groups in total. The molecule has 12 heteroatoms. The number of carbonyl (C=O) groups excluding carboxylic acids is 1. The number of amides is 1. The highest BCUT2D eigenvalue weighted by molar-refractivity contribution is 6.76. The molecule has 7 nitrogen and oxygen atoms in total. The minimum absolute atomic E-state index is 0.00949. The molecule has 0 fully saturated rings. The molecule has 0 aliphatic carbocycles. The number of nitrogens with one attached hydrogen (secondary N) is 1. The van der Waals surface area contributed by atoms with E-state index in [1.54, 1.807) is 6.07 Å². The van der Waals surface area contributed by atoms with Gasteiger partial charge in [-0.15, -0.1) is 0 Å².